The number of aromatic nitrogens is 1. The number of hydrogen-bond donors (Lipinski definition) is 0. The molecule has 0 aliphatic rings. The summed E-state index contributed by atoms with van der Waals surface area (Å²) in [5.74, 6) is 0. The van der Waals surface area contributed by atoms with Crippen molar-refractivity contribution in [3.05, 3.63) is 151 Å². The highest BCUT2D eigenvalue weighted by molar-refractivity contribution is 7.11. The minimum absolute atomic E-state index is 0.110. The van der Waals surface area contributed by atoms with Crippen molar-refractivity contribution in [2.75, 3.05) is 0 Å². The number of furan rings is 1. The molecule has 7 aromatic rings. The molecule has 7 rings (SSSR count). The number of hydrogen-bond acceptors (Lipinski definition) is 1. The average molecular weight is 628 g/mol. The van der Waals surface area contributed by atoms with E-state index in [-0.39, 0.29) is 5.41 Å². The first kappa shape index (κ1) is 30.4. The Morgan fingerprint density at radius 3 is 1.79 bits per heavy atom. The Morgan fingerprint density at radius 1 is 0.660 bits per heavy atom. The maximum atomic E-state index is 8.13. The number of fused-ring (bicyclic) bond motifs is 3. The first-order valence-electron chi connectivity index (χ1n) is 16.2. The summed E-state index contributed by atoms with van der Waals surface area (Å²) in [6.07, 6.45) is 2.06. The Hall–Kier alpha value is -5.24. The topological polar surface area (TPSA) is 21.4 Å². The van der Waals surface area contributed by atoms with Crippen molar-refractivity contribution < 1.29 is 8.98 Å². The minimum Gasteiger partial charge on any atom is -0.456 e. The van der Waals surface area contributed by atoms with Gasteiger partial charge in [-0.1, -0.05) is 130 Å². The van der Waals surface area contributed by atoms with Gasteiger partial charge in [0.2, 0.25) is 5.69 Å². The van der Waals surface area contributed by atoms with Crippen LogP contribution in [0.25, 0.3) is 49.2 Å². The van der Waals surface area contributed by atoms with E-state index >= 15 is 0 Å². The Labute approximate surface area is 278 Å². The molecule has 0 aliphatic carbocycles. The third-order valence-electron chi connectivity index (χ3n) is 9.42. The number of pyridine rings is 1. The van der Waals surface area contributed by atoms with Gasteiger partial charge in [-0.3, -0.25) is 0 Å². The van der Waals surface area contributed by atoms with Crippen LogP contribution in [0, 0.1) is 18.9 Å². The van der Waals surface area contributed by atoms with Crippen molar-refractivity contribution in [1.82, 2.24) is 0 Å². The zero-order chi connectivity index (χ0) is 32.8. The van der Waals surface area contributed by atoms with Crippen LogP contribution in [0.1, 0.15) is 26.3 Å². The van der Waals surface area contributed by atoms with Crippen molar-refractivity contribution in [3.8, 4) is 22.4 Å². The standard InChI is InChI=1S/C43H39N2OSi/c1-30-20-25-35-36-26-27-37(44-5)40(42(36)46-41(35)39(30)38-19-13-14-28-45(38)6)31-21-23-34(24-22-31)47(29-43(2,3)4,32-15-9-7-10-16-32)33-17-11-8-12-18-33/h7-28H,29H2,1-4,6H3/q+1. The van der Waals surface area contributed by atoms with E-state index in [0.717, 1.165) is 55.9 Å². The van der Waals surface area contributed by atoms with Crippen LogP contribution in [0.2, 0.25) is 6.04 Å². The highest BCUT2D eigenvalue weighted by atomic mass is 28.3. The van der Waals surface area contributed by atoms with Gasteiger partial charge < -0.3 is 4.42 Å². The zero-order valence-electron chi connectivity index (χ0n) is 27.7. The molecule has 47 heavy (non-hydrogen) atoms. The fraction of sp³-hybridized carbons (Fsp3) is 0.163. The molecule has 0 aliphatic heterocycles. The van der Waals surface area contributed by atoms with Gasteiger partial charge in [0.15, 0.2) is 11.9 Å². The molecular formula is C43H39N2OSi+. The van der Waals surface area contributed by atoms with Crippen LogP contribution < -0.4 is 20.1 Å². The lowest BCUT2D eigenvalue weighted by atomic mass is 9.98. The van der Waals surface area contributed by atoms with Crippen LogP contribution in [-0.4, -0.2) is 8.07 Å². The normalized spacial score (nSPS) is 12.0. The van der Waals surface area contributed by atoms with Gasteiger partial charge in [-0.05, 0) is 51.1 Å². The molecule has 0 N–H and O–H groups in total. The third-order valence-corrected chi connectivity index (χ3v) is 15.0. The molecule has 4 heteroatoms. The quantitative estimate of drug-likeness (QED) is 0.0780. The van der Waals surface area contributed by atoms with E-state index in [9.17, 15) is 0 Å². The molecule has 3 nitrogen and oxygen atoms in total. The molecule has 0 amide bonds. The molecule has 0 fully saturated rings. The van der Waals surface area contributed by atoms with E-state index in [2.05, 4.69) is 160 Å². The number of aryl methyl sites for hydroxylation is 2. The molecule has 2 heterocycles. The molecule has 0 bridgehead atoms. The van der Waals surface area contributed by atoms with Crippen molar-refractivity contribution in [2.45, 2.75) is 33.7 Å². The average Bonchev–Trinajstić information content (AvgIpc) is 3.46. The van der Waals surface area contributed by atoms with Crippen molar-refractivity contribution in [1.29, 1.82) is 0 Å². The second-order valence-corrected chi connectivity index (χ2v) is 17.7. The van der Waals surface area contributed by atoms with Crippen molar-refractivity contribution in [3.63, 3.8) is 0 Å². The van der Waals surface area contributed by atoms with E-state index in [1.54, 1.807) is 0 Å². The number of rotatable bonds is 6. The van der Waals surface area contributed by atoms with Crippen molar-refractivity contribution >= 4 is 51.3 Å². The first-order chi connectivity index (χ1) is 22.7. The van der Waals surface area contributed by atoms with Gasteiger partial charge in [-0.2, -0.15) is 0 Å². The fourth-order valence-electron chi connectivity index (χ4n) is 7.43. The third kappa shape index (κ3) is 5.27. The molecule has 0 saturated carbocycles. The van der Waals surface area contributed by atoms with Crippen LogP contribution in [0.15, 0.2) is 138 Å². The summed E-state index contributed by atoms with van der Waals surface area (Å²) in [6, 6.07) is 46.9. The van der Waals surface area contributed by atoms with Crippen LogP contribution in [0.4, 0.5) is 5.69 Å². The maximum Gasteiger partial charge on any atom is 0.216 e. The summed E-state index contributed by atoms with van der Waals surface area (Å²) in [5, 5.41) is 6.27. The van der Waals surface area contributed by atoms with Gasteiger partial charge in [0.25, 0.3) is 0 Å². The van der Waals surface area contributed by atoms with Gasteiger partial charge in [0.05, 0.1) is 12.1 Å². The molecule has 0 unspecified atom stereocenters. The Kier molecular flexibility index (Phi) is 7.66. The molecule has 0 spiro atoms. The highest BCUT2D eigenvalue weighted by Gasteiger charge is 2.42. The van der Waals surface area contributed by atoms with Gasteiger partial charge in [-0.15, -0.1) is 0 Å². The molecule has 0 saturated heterocycles. The van der Waals surface area contributed by atoms with Crippen LogP contribution in [0.3, 0.4) is 0 Å². The lowest BCUT2D eigenvalue weighted by molar-refractivity contribution is -0.660. The molecule has 0 atom stereocenters. The van der Waals surface area contributed by atoms with Gasteiger partial charge >= 0.3 is 0 Å². The molecule has 5 aromatic carbocycles. The summed E-state index contributed by atoms with van der Waals surface area (Å²) in [7, 11) is -0.364. The lowest BCUT2D eigenvalue weighted by Crippen LogP contribution is -2.68. The first-order valence-corrected chi connectivity index (χ1v) is 18.5. The Morgan fingerprint density at radius 2 is 1.21 bits per heavy atom. The van der Waals surface area contributed by atoms with Crippen molar-refractivity contribution in [2.24, 2.45) is 12.5 Å². The van der Waals surface area contributed by atoms with Gasteiger partial charge in [-0.25, -0.2) is 9.41 Å². The van der Waals surface area contributed by atoms with E-state index in [0.29, 0.717) is 5.69 Å². The largest absolute Gasteiger partial charge is 0.456 e. The van der Waals surface area contributed by atoms with Crippen LogP contribution >= 0.6 is 0 Å². The van der Waals surface area contributed by atoms with Gasteiger partial charge in [0, 0.05) is 28.5 Å². The summed E-state index contributed by atoms with van der Waals surface area (Å²) >= 11 is 0. The van der Waals surface area contributed by atoms with Gasteiger partial charge in [0.1, 0.15) is 26.3 Å². The lowest BCUT2D eigenvalue weighted by Gasteiger charge is -2.39. The minimum atomic E-state index is -2.43. The Bertz CT molecular complexity index is 2230. The second-order valence-electron chi connectivity index (χ2n) is 13.8. The van der Waals surface area contributed by atoms with Crippen LogP contribution in [0.5, 0.6) is 0 Å². The Balaban J connectivity index is 1.46. The molecule has 2 aromatic heterocycles. The number of benzene rings is 5. The highest BCUT2D eigenvalue weighted by Crippen LogP contribution is 2.44. The predicted molar refractivity (Wildman–Crippen MR) is 199 cm³/mol. The van der Waals surface area contributed by atoms with E-state index in [4.69, 9.17) is 11.0 Å². The molecular weight excluding hydrogens is 589 g/mol. The smallest absolute Gasteiger partial charge is 0.216 e. The molecule has 0 radical (unpaired) electrons. The van der Waals surface area contributed by atoms with E-state index < -0.39 is 8.07 Å². The van der Waals surface area contributed by atoms with Crippen LogP contribution in [-0.2, 0) is 7.05 Å². The predicted octanol–water partition coefficient (Wildman–Crippen LogP) is 9.12. The van der Waals surface area contributed by atoms with E-state index in [1.807, 2.05) is 18.2 Å². The maximum absolute atomic E-state index is 8.13. The summed E-state index contributed by atoms with van der Waals surface area (Å²) < 4.78 is 8.99. The molecule has 230 valence electrons. The van der Waals surface area contributed by atoms with E-state index in [1.165, 1.54) is 15.6 Å². The summed E-state index contributed by atoms with van der Waals surface area (Å²) in [6.45, 7) is 17.3. The second kappa shape index (κ2) is 11.8. The summed E-state index contributed by atoms with van der Waals surface area (Å²) in [4.78, 5) is 3.99. The summed E-state index contributed by atoms with van der Waals surface area (Å²) in [5.41, 5.74) is 7.48. The SMILES string of the molecule is [C-]#[N+]c1ccc2c(oc3c(-c4cccc[n+]4C)c(C)ccc32)c1-c1ccc([Si](CC(C)(C)C)(c2ccccc2)c2ccccc2)cc1. The monoisotopic (exact) mass is 627 g/mol. The fourth-order valence-corrected chi connectivity index (χ4v) is 12.9. The zero-order valence-corrected chi connectivity index (χ0v) is 28.7. The number of nitrogens with zero attached hydrogens (tertiary/aromatic N) is 2.